The van der Waals surface area contributed by atoms with E-state index in [2.05, 4.69) is 31.2 Å². The van der Waals surface area contributed by atoms with E-state index in [4.69, 9.17) is 9.47 Å². The molecule has 0 spiro atoms. The fraction of sp³-hybridized carbons (Fsp3) is 0.467. The standard InChI is InChI=1S/C15H20O2/c1-2-3-4-5-8-13-9-6-7-10-15(13)17-12-14-11-16-14/h2-3,6-7,9-10,14H,4-5,8,11-12H2,1H3/b3-2+. The fourth-order valence-electron chi connectivity index (χ4n) is 1.78. The van der Waals surface area contributed by atoms with E-state index < -0.39 is 0 Å². The van der Waals surface area contributed by atoms with Crippen molar-refractivity contribution in [2.45, 2.75) is 32.3 Å². The lowest BCUT2D eigenvalue weighted by molar-refractivity contribution is 0.261. The van der Waals surface area contributed by atoms with Gasteiger partial charge in [0.1, 0.15) is 18.5 Å². The third-order valence-electron chi connectivity index (χ3n) is 2.85. The first-order valence-electron chi connectivity index (χ1n) is 6.33. The number of aryl methyl sites for hydroxylation is 1. The number of benzene rings is 1. The van der Waals surface area contributed by atoms with Crippen molar-refractivity contribution in [1.29, 1.82) is 0 Å². The molecule has 2 nitrogen and oxygen atoms in total. The summed E-state index contributed by atoms with van der Waals surface area (Å²) < 4.78 is 10.9. The first-order chi connectivity index (χ1) is 8.40. The van der Waals surface area contributed by atoms with Crippen LogP contribution in [-0.4, -0.2) is 19.3 Å². The number of ether oxygens (including phenoxy) is 2. The van der Waals surface area contributed by atoms with E-state index in [1.165, 1.54) is 12.0 Å². The number of hydrogen-bond donors (Lipinski definition) is 0. The molecule has 1 heterocycles. The summed E-state index contributed by atoms with van der Waals surface area (Å²) in [5.74, 6) is 1.02. The largest absolute Gasteiger partial charge is 0.491 e. The lowest BCUT2D eigenvalue weighted by atomic mass is 10.1. The smallest absolute Gasteiger partial charge is 0.122 e. The van der Waals surface area contributed by atoms with Crippen LogP contribution in [0.25, 0.3) is 0 Å². The maximum Gasteiger partial charge on any atom is 0.122 e. The summed E-state index contributed by atoms with van der Waals surface area (Å²) in [6.45, 7) is 3.60. The van der Waals surface area contributed by atoms with Gasteiger partial charge < -0.3 is 9.47 Å². The second-order valence-electron chi connectivity index (χ2n) is 4.34. The Balaban J connectivity index is 1.84. The summed E-state index contributed by atoms with van der Waals surface area (Å²) in [5, 5.41) is 0. The summed E-state index contributed by atoms with van der Waals surface area (Å²) in [5.41, 5.74) is 1.30. The number of para-hydroxylation sites is 1. The van der Waals surface area contributed by atoms with Gasteiger partial charge in [-0.1, -0.05) is 30.4 Å². The quantitative estimate of drug-likeness (QED) is 0.408. The predicted octanol–water partition coefficient (Wildman–Crippen LogP) is 3.36. The SMILES string of the molecule is C/C=C/CCCc1ccccc1OCC1CO1. The summed E-state index contributed by atoms with van der Waals surface area (Å²) >= 11 is 0. The molecule has 1 aromatic carbocycles. The summed E-state index contributed by atoms with van der Waals surface area (Å²) in [4.78, 5) is 0. The maximum absolute atomic E-state index is 5.78. The van der Waals surface area contributed by atoms with Gasteiger partial charge in [-0.15, -0.1) is 0 Å². The van der Waals surface area contributed by atoms with Crippen molar-refractivity contribution >= 4 is 0 Å². The van der Waals surface area contributed by atoms with Crippen LogP contribution in [-0.2, 0) is 11.2 Å². The van der Waals surface area contributed by atoms with Crippen LogP contribution >= 0.6 is 0 Å². The minimum absolute atomic E-state index is 0.325. The molecule has 1 aromatic rings. The molecular weight excluding hydrogens is 212 g/mol. The topological polar surface area (TPSA) is 21.8 Å². The molecule has 0 radical (unpaired) electrons. The molecule has 0 saturated carbocycles. The molecule has 0 N–H and O–H groups in total. The van der Waals surface area contributed by atoms with Gasteiger partial charge in [-0.2, -0.15) is 0 Å². The highest BCUT2D eigenvalue weighted by atomic mass is 16.6. The molecule has 1 fully saturated rings. The van der Waals surface area contributed by atoms with E-state index >= 15 is 0 Å². The molecule has 0 amide bonds. The zero-order chi connectivity index (χ0) is 11.9. The molecule has 0 aromatic heterocycles. The third-order valence-corrected chi connectivity index (χ3v) is 2.85. The van der Waals surface area contributed by atoms with Gasteiger partial charge in [0.25, 0.3) is 0 Å². The number of epoxide rings is 1. The Labute approximate surface area is 103 Å². The Hall–Kier alpha value is -1.28. The summed E-state index contributed by atoms with van der Waals surface area (Å²) in [6.07, 6.45) is 8.02. The molecule has 92 valence electrons. The molecule has 2 rings (SSSR count). The molecule has 1 unspecified atom stereocenters. The van der Waals surface area contributed by atoms with Crippen molar-refractivity contribution in [3.8, 4) is 5.75 Å². The van der Waals surface area contributed by atoms with Crippen LogP contribution in [0.2, 0.25) is 0 Å². The highest BCUT2D eigenvalue weighted by molar-refractivity contribution is 5.33. The van der Waals surface area contributed by atoms with Crippen LogP contribution in [0.3, 0.4) is 0 Å². The third kappa shape index (κ3) is 4.23. The van der Waals surface area contributed by atoms with Crippen molar-refractivity contribution in [3.05, 3.63) is 42.0 Å². The Kier molecular flexibility index (Phi) is 4.63. The van der Waals surface area contributed by atoms with Gasteiger partial charge in [-0.05, 0) is 37.8 Å². The van der Waals surface area contributed by atoms with Crippen LogP contribution in [0.4, 0.5) is 0 Å². The Morgan fingerprint density at radius 1 is 1.41 bits per heavy atom. The summed E-state index contributed by atoms with van der Waals surface area (Å²) in [6, 6.07) is 8.30. The van der Waals surface area contributed by atoms with Crippen molar-refractivity contribution in [2.75, 3.05) is 13.2 Å². The van der Waals surface area contributed by atoms with Crippen LogP contribution in [0.1, 0.15) is 25.3 Å². The monoisotopic (exact) mass is 232 g/mol. The number of allylic oxidation sites excluding steroid dienone is 2. The molecule has 0 aliphatic carbocycles. The van der Waals surface area contributed by atoms with Gasteiger partial charge in [-0.25, -0.2) is 0 Å². The molecule has 1 aliphatic heterocycles. The Morgan fingerprint density at radius 3 is 3.00 bits per heavy atom. The molecule has 2 heteroatoms. The summed E-state index contributed by atoms with van der Waals surface area (Å²) in [7, 11) is 0. The van der Waals surface area contributed by atoms with Gasteiger partial charge >= 0.3 is 0 Å². The van der Waals surface area contributed by atoms with E-state index in [0.29, 0.717) is 12.7 Å². The van der Waals surface area contributed by atoms with Crippen molar-refractivity contribution in [2.24, 2.45) is 0 Å². The number of unbranched alkanes of at least 4 members (excludes halogenated alkanes) is 1. The zero-order valence-electron chi connectivity index (χ0n) is 10.4. The molecular formula is C15H20O2. The highest BCUT2D eigenvalue weighted by Gasteiger charge is 2.23. The number of rotatable bonds is 7. The molecule has 17 heavy (non-hydrogen) atoms. The Bertz CT molecular complexity index is 367. The lowest BCUT2D eigenvalue weighted by Gasteiger charge is -2.09. The lowest BCUT2D eigenvalue weighted by Crippen LogP contribution is -2.05. The van der Waals surface area contributed by atoms with Gasteiger partial charge in [0.2, 0.25) is 0 Å². The van der Waals surface area contributed by atoms with Gasteiger partial charge in [-0.3, -0.25) is 0 Å². The van der Waals surface area contributed by atoms with Gasteiger partial charge in [0.15, 0.2) is 0 Å². The van der Waals surface area contributed by atoms with E-state index in [1.54, 1.807) is 0 Å². The maximum atomic E-state index is 5.78. The zero-order valence-corrected chi connectivity index (χ0v) is 10.4. The second-order valence-corrected chi connectivity index (χ2v) is 4.34. The average Bonchev–Trinajstić information content (AvgIpc) is 3.17. The van der Waals surface area contributed by atoms with Crippen LogP contribution in [0, 0.1) is 0 Å². The van der Waals surface area contributed by atoms with Crippen molar-refractivity contribution < 1.29 is 9.47 Å². The van der Waals surface area contributed by atoms with Crippen molar-refractivity contribution in [3.63, 3.8) is 0 Å². The molecule has 1 saturated heterocycles. The van der Waals surface area contributed by atoms with Crippen molar-refractivity contribution in [1.82, 2.24) is 0 Å². The normalized spacial score (nSPS) is 18.5. The minimum atomic E-state index is 0.325. The fourth-order valence-corrected chi connectivity index (χ4v) is 1.78. The highest BCUT2D eigenvalue weighted by Crippen LogP contribution is 2.21. The number of hydrogen-bond acceptors (Lipinski definition) is 2. The predicted molar refractivity (Wildman–Crippen MR) is 69.4 cm³/mol. The van der Waals surface area contributed by atoms with Crippen LogP contribution in [0.5, 0.6) is 5.75 Å². The average molecular weight is 232 g/mol. The van der Waals surface area contributed by atoms with E-state index in [1.807, 2.05) is 12.1 Å². The molecule has 0 bridgehead atoms. The van der Waals surface area contributed by atoms with E-state index in [-0.39, 0.29) is 0 Å². The van der Waals surface area contributed by atoms with E-state index in [0.717, 1.165) is 25.2 Å². The molecule has 1 atom stereocenters. The van der Waals surface area contributed by atoms with Gasteiger partial charge in [0.05, 0.1) is 6.61 Å². The Morgan fingerprint density at radius 2 is 2.24 bits per heavy atom. The first-order valence-corrected chi connectivity index (χ1v) is 6.33. The second kappa shape index (κ2) is 6.45. The van der Waals surface area contributed by atoms with Crippen LogP contribution < -0.4 is 4.74 Å². The minimum Gasteiger partial charge on any atom is -0.491 e. The van der Waals surface area contributed by atoms with Gasteiger partial charge in [0, 0.05) is 0 Å². The van der Waals surface area contributed by atoms with Crippen LogP contribution in [0.15, 0.2) is 36.4 Å². The molecule has 1 aliphatic rings. The van der Waals surface area contributed by atoms with E-state index in [9.17, 15) is 0 Å². The first kappa shape index (κ1) is 12.2.